The fraction of sp³-hybridized carbons (Fsp3) is 0.475. The summed E-state index contributed by atoms with van der Waals surface area (Å²) in [6.45, 7) is 4.03. The van der Waals surface area contributed by atoms with E-state index in [0.29, 0.717) is 48.2 Å². The number of carboxylic acids is 3. The molecule has 6 amide bonds. The lowest BCUT2D eigenvalue weighted by Gasteiger charge is -2.32. The monoisotopic (exact) mass is 1230 g/mol. The van der Waals surface area contributed by atoms with Gasteiger partial charge in [-0.15, -0.1) is 0 Å². The summed E-state index contributed by atoms with van der Waals surface area (Å²) in [5.41, 5.74) is 6.70. The highest BCUT2D eigenvalue weighted by Gasteiger charge is 2.29. The van der Waals surface area contributed by atoms with E-state index in [2.05, 4.69) is 47.5 Å². The summed E-state index contributed by atoms with van der Waals surface area (Å²) in [7, 11) is 0. The van der Waals surface area contributed by atoms with Gasteiger partial charge >= 0.3 is 23.9 Å². The van der Waals surface area contributed by atoms with E-state index >= 15 is 0 Å². The lowest BCUT2D eigenvalue weighted by Crippen LogP contribution is -2.50. The third kappa shape index (κ3) is 25.4. The lowest BCUT2D eigenvalue weighted by molar-refractivity contribution is -0.140. The number of carbonyl (C=O) groups excluding carboxylic acids is 5. The molecule has 478 valence electrons. The van der Waals surface area contributed by atoms with Gasteiger partial charge in [-0.05, 0) is 66.6 Å². The van der Waals surface area contributed by atoms with Crippen LogP contribution in [0, 0.1) is 0 Å². The minimum absolute atomic E-state index is 0.0641. The van der Waals surface area contributed by atoms with Crippen molar-refractivity contribution in [3.63, 3.8) is 0 Å². The molecule has 2 atom stereocenters. The summed E-state index contributed by atoms with van der Waals surface area (Å²) in [5.74, 6) is -5.19. The number of aliphatic imine (C=N–C) groups is 1. The normalized spacial score (nSPS) is 14.6. The number of aromatic hydroxyl groups is 1. The Balaban J connectivity index is 1.11. The van der Waals surface area contributed by atoms with E-state index < -0.39 is 58.6 Å². The number of phenols is 1. The van der Waals surface area contributed by atoms with E-state index in [1.165, 1.54) is 12.1 Å². The van der Waals surface area contributed by atoms with Gasteiger partial charge in [-0.25, -0.2) is 4.79 Å². The highest BCUT2D eigenvalue weighted by molar-refractivity contribution is 5.95. The van der Waals surface area contributed by atoms with E-state index in [1.807, 2.05) is 6.07 Å². The van der Waals surface area contributed by atoms with Crippen molar-refractivity contribution in [3.05, 3.63) is 116 Å². The van der Waals surface area contributed by atoms with Crippen molar-refractivity contribution >= 4 is 64.9 Å². The van der Waals surface area contributed by atoms with Crippen molar-refractivity contribution in [2.45, 2.75) is 57.5 Å². The average Bonchev–Trinajstić information content (AvgIpc) is 2.12. The predicted molar refractivity (Wildman–Crippen MR) is 327 cm³/mol. The number of benzene rings is 3. The van der Waals surface area contributed by atoms with Crippen LogP contribution < -0.4 is 63.9 Å². The first kappa shape index (κ1) is 69.6. The molecule has 1 heterocycles. The van der Waals surface area contributed by atoms with Gasteiger partial charge in [0.05, 0.1) is 38.7 Å². The molecule has 4 aromatic rings. The quantitative estimate of drug-likeness (QED) is 0.0117. The Kier molecular flexibility index (Phi) is 29.6. The first-order valence-corrected chi connectivity index (χ1v) is 29.2. The molecule has 0 saturated carbocycles. The summed E-state index contributed by atoms with van der Waals surface area (Å²) in [6, 6.07) is 20.7. The maximum Gasteiger partial charge on any atom is 0.321 e. The van der Waals surface area contributed by atoms with Gasteiger partial charge in [-0.3, -0.25) is 73.1 Å². The third-order valence-corrected chi connectivity index (χ3v) is 14.0. The number of amides is 6. The van der Waals surface area contributed by atoms with Crippen LogP contribution in [0.25, 0.3) is 0 Å². The number of hydrogen-bond acceptors (Lipinski definition) is 19. The van der Waals surface area contributed by atoms with Crippen LogP contribution in [0.1, 0.15) is 61.6 Å². The van der Waals surface area contributed by atoms with Gasteiger partial charge in [0.25, 0.3) is 10.9 Å². The van der Waals surface area contributed by atoms with Crippen molar-refractivity contribution < 1.29 is 63.5 Å². The first-order valence-electron chi connectivity index (χ1n) is 29.2. The van der Waals surface area contributed by atoms with E-state index in [-0.39, 0.29) is 172 Å². The molecule has 4 aromatic carbocycles. The average molecular weight is 1230 g/mol. The SMILES string of the molecule is CCC(=O)NCCNC(=O)NC(N)=NCCCC(NC(=O)[C@H](c1ccccc1)c1cccc(OCCCCNc2c(NCCNC(=O)CN3CCN(CC(=O)O)CCN(CC(=O)O)CCN(CC(=O)O)CC3)c(=O)c2=O)c1)C(=O)NCc1ccc(O)cc1. The van der Waals surface area contributed by atoms with Crippen molar-refractivity contribution in [1.29, 1.82) is 0 Å². The minimum atomic E-state index is -1.07. The van der Waals surface area contributed by atoms with Crippen LogP contribution in [-0.2, 0) is 40.1 Å². The molecule has 0 spiro atoms. The number of phenolic OH excluding ortho intramolecular Hbond substituents is 1. The summed E-state index contributed by atoms with van der Waals surface area (Å²) in [6.07, 6.45) is 1.79. The third-order valence-electron chi connectivity index (χ3n) is 14.0. The fourth-order valence-electron chi connectivity index (χ4n) is 9.37. The van der Waals surface area contributed by atoms with Crippen LogP contribution in [-0.4, -0.2) is 224 Å². The molecule has 5 rings (SSSR count). The van der Waals surface area contributed by atoms with Crippen molar-refractivity contribution in [2.75, 3.05) is 135 Å². The summed E-state index contributed by atoms with van der Waals surface area (Å²) in [5, 5.41) is 60.4. The summed E-state index contributed by atoms with van der Waals surface area (Å²) < 4.78 is 6.13. The fourth-order valence-corrected chi connectivity index (χ4v) is 9.37. The number of nitrogens with two attached hydrogens (primary N) is 1. The van der Waals surface area contributed by atoms with Crippen LogP contribution in [0.2, 0.25) is 0 Å². The van der Waals surface area contributed by atoms with Crippen LogP contribution in [0.15, 0.2) is 93.4 Å². The molecule has 0 aromatic heterocycles. The molecule has 0 radical (unpaired) electrons. The molecule has 1 aliphatic heterocycles. The number of nitrogens with zero attached hydrogens (tertiary/aromatic N) is 5. The van der Waals surface area contributed by atoms with Gasteiger partial charge in [-0.2, -0.15) is 0 Å². The number of hydrogen-bond donors (Lipinski definition) is 13. The second kappa shape index (κ2) is 37.4. The van der Waals surface area contributed by atoms with E-state index in [0.717, 1.165) is 0 Å². The zero-order chi connectivity index (χ0) is 63.8. The standard InChI is InChI=1S/C59H82N14O15/c1-2-46(75)61-22-24-66-59(87)69-58(60)65-20-9-14-45(56(85)67-35-40-15-17-43(74)18-16-40)68-57(86)51(41-10-4-3-5-11-41)42-12-8-13-44(34-42)88-33-7-6-19-63-52-53(55(84)54(52)83)64-23-21-62-47(76)36-70-25-27-71(37-48(77)78)29-31-73(39-50(81)82)32-30-72(28-26-70)38-49(79)80/h3-5,8,10-13,15-18,34,45,51,63-64,74H,2,6-7,9,14,19-33,35-39H2,1H3,(H,61,75)(H,62,76)(H,67,85)(H,68,86)(H,77,78)(H,79,80)(H,81,82)(H4,60,65,66,69,87)/t45?,51-/m1/s1. The molecule has 88 heavy (non-hydrogen) atoms. The Hall–Kier alpha value is -9.19. The Morgan fingerprint density at radius 1 is 0.591 bits per heavy atom. The molecule has 29 nitrogen and oxygen atoms in total. The number of aliphatic carboxylic acids is 3. The van der Waals surface area contributed by atoms with E-state index in [9.17, 15) is 68.4 Å². The summed E-state index contributed by atoms with van der Waals surface area (Å²) >= 11 is 0. The van der Waals surface area contributed by atoms with Crippen LogP contribution in [0.3, 0.4) is 0 Å². The van der Waals surface area contributed by atoms with Gasteiger partial charge in [-0.1, -0.05) is 61.5 Å². The van der Waals surface area contributed by atoms with Crippen molar-refractivity contribution in [3.8, 4) is 11.5 Å². The van der Waals surface area contributed by atoms with Crippen LogP contribution >= 0.6 is 0 Å². The molecule has 14 N–H and O–H groups in total. The van der Waals surface area contributed by atoms with Gasteiger partial charge < -0.3 is 68.1 Å². The minimum Gasteiger partial charge on any atom is -0.508 e. The van der Waals surface area contributed by atoms with E-state index in [1.54, 1.807) is 87.2 Å². The number of rotatable bonds is 34. The number of urea groups is 1. The maximum atomic E-state index is 14.5. The molecule has 0 aliphatic carbocycles. The van der Waals surface area contributed by atoms with Gasteiger partial charge in [0.1, 0.15) is 28.9 Å². The van der Waals surface area contributed by atoms with E-state index in [4.69, 9.17) is 10.5 Å². The molecule has 1 aliphatic rings. The second-order valence-corrected chi connectivity index (χ2v) is 20.8. The summed E-state index contributed by atoms with van der Waals surface area (Å²) in [4.78, 5) is 136. The number of anilines is 2. The number of ether oxygens (including phenoxy) is 1. The molecular formula is C59H82N14O15. The Morgan fingerprint density at radius 3 is 1.70 bits per heavy atom. The molecular weight excluding hydrogens is 1140 g/mol. The molecule has 0 bridgehead atoms. The Labute approximate surface area is 509 Å². The number of unbranched alkanes of at least 4 members (excludes halogenated alkanes) is 1. The first-order chi connectivity index (χ1) is 42.3. The molecule has 29 heteroatoms. The Bertz CT molecular complexity index is 3000. The molecule has 1 fully saturated rings. The second-order valence-electron chi connectivity index (χ2n) is 20.8. The molecule has 1 saturated heterocycles. The number of carbonyl (C=O) groups is 8. The zero-order valence-electron chi connectivity index (χ0n) is 49.4. The molecule has 1 unspecified atom stereocenters. The number of carboxylic acid groups (broad SMARTS) is 3. The van der Waals surface area contributed by atoms with Crippen molar-refractivity contribution in [1.82, 2.24) is 51.5 Å². The maximum absolute atomic E-state index is 14.5. The van der Waals surface area contributed by atoms with Gasteiger partial charge in [0, 0.05) is 105 Å². The number of guanidine groups is 1. The predicted octanol–water partition coefficient (Wildman–Crippen LogP) is -0.884. The van der Waals surface area contributed by atoms with Crippen LogP contribution in [0.4, 0.5) is 16.2 Å². The zero-order valence-corrected chi connectivity index (χ0v) is 49.4. The van der Waals surface area contributed by atoms with Crippen molar-refractivity contribution in [2.24, 2.45) is 10.7 Å². The number of nitrogens with one attached hydrogen (secondary N) is 8. The highest BCUT2D eigenvalue weighted by atomic mass is 16.5. The van der Waals surface area contributed by atoms with Crippen LogP contribution in [0.5, 0.6) is 11.5 Å². The smallest absolute Gasteiger partial charge is 0.321 e. The topological polar surface area (TPSA) is 408 Å². The lowest BCUT2D eigenvalue weighted by atomic mass is 9.90. The van der Waals surface area contributed by atoms with Gasteiger partial charge in [0.2, 0.25) is 23.6 Å². The Morgan fingerprint density at radius 2 is 1.12 bits per heavy atom. The van der Waals surface area contributed by atoms with Gasteiger partial charge in [0.15, 0.2) is 5.96 Å². The largest absolute Gasteiger partial charge is 0.508 e. The highest BCUT2D eigenvalue weighted by Crippen LogP contribution is 2.28.